The summed E-state index contributed by atoms with van der Waals surface area (Å²) in [6.45, 7) is 4.52. The molecule has 1 amide bonds. The van der Waals surface area contributed by atoms with Crippen LogP contribution in [0.5, 0.6) is 5.75 Å². The summed E-state index contributed by atoms with van der Waals surface area (Å²) in [5.41, 5.74) is 1.13. The third-order valence-electron chi connectivity index (χ3n) is 4.22. The molecule has 1 heterocycles. The van der Waals surface area contributed by atoms with Crippen molar-refractivity contribution >= 4 is 23.0 Å². The van der Waals surface area contributed by atoms with E-state index in [1.54, 1.807) is 30.3 Å². The van der Waals surface area contributed by atoms with Gasteiger partial charge in [0.25, 0.3) is 11.6 Å². The van der Waals surface area contributed by atoms with Gasteiger partial charge in [-0.1, -0.05) is 12.1 Å². The fourth-order valence-electron chi connectivity index (χ4n) is 2.93. The van der Waals surface area contributed by atoms with Crippen LogP contribution in [-0.2, 0) is 4.74 Å². The third kappa shape index (κ3) is 4.35. The molecule has 0 aromatic heterocycles. The molecule has 0 bridgehead atoms. The number of anilines is 2. The van der Waals surface area contributed by atoms with Gasteiger partial charge in [0, 0.05) is 24.7 Å². The van der Waals surface area contributed by atoms with E-state index in [1.807, 2.05) is 17.9 Å². The number of hydrogen-bond donors (Lipinski definition) is 1. The predicted molar refractivity (Wildman–Crippen MR) is 102 cm³/mol. The van der Waals surface area contributed by atoms with Crippen molar-refractivity contribution in [1.82, 2.24) is 0 Å². The first kappa shape index (κ1) is 18.7. The van der Waals surface area contributed by atoms with Gasteiger partial charge in [-0.15, -0.1) is 0 Å². The molecule has 0 atom stereocenters. The number of nitrogens with zero attached hydrogens (tertiary/aromatic N) is 2. The Morgan fingerprint density at radius 2 is 2.00 bits per heavy atom. The number of morpholine rings is 1. The van der Waals surface area contributed by atoms with Crippen LogP contribution in [0.2, 0.25) is 0 Å². The fourth-order valence-corrected chi connectivity index (χ4v) is 2.93. The van der Waals surface area contributed by atoms with Crippen LogP contribution in [0.15, 0.2) is 42.5 Å². The molecule has 1 aliphatic rings. The Balaban J connectivity index is 1.85. The molecule has 142 valence electrons. The van der Waals surface area contributed by atoms with Crippen LogP contribution < -0.4 is 15.0 Å². The van der Waals surface area contributed by atoms with Crippen LogP contribution in [0, 0.1) is 10.1 Å². The molecule has 27 heavy (non-hydrogen) atoms. The number of nitrogens with one attached hydrogen (secondary N) is 1. The van der Waals surface area contributed by atoms with Crippen LogP contribution in [0.4, 0.5) is 17.1 Å². The molecule has 0 saturated carbocycles. The zero-order chi connectivity index (χ0) is 19.2. The van der Waals surface area contributed by atoms with Gasteiger partial charge in [0.1, 0.15) is 11.4 Å². The van der Waals surface area contributed by atoms with Crippen molar-refractivity contribution in [1.29, 1.82) is 0 Å². The van der Waals surface area contributed by atoms with E-state index in [9.17, 15) is 14.9 Å². The van der Waals surface area contributed by atoms with Crippen LogP contribution in [-0.4, -0.2) is 43.7 Å². The Morgan fingerprint density at radius 3 is 2.70 bits per heavy atom. The minimum atomic E-state index is -0.463. The van der Waals surface area contributed by atoms with Gasteiger partial charge < -0.3 is 19.7 Å². The zero-order valence-electron chi connectivity index (χ0n) is 15.0. The lowest BCUT2D eigenvalue weighted by Crippen LogP contribution is -2.36. The Hall–Kier alpha value is -3.13. The van der Waals surface area contributed by atoms with E-state index < -0.39 is 10.8 Å². The average Bonchev–Trinajstić information content (AvgIpc) is 2.70. The smallest absolute Gasteiger partial charge is 0.293 e. The topological polar surface area (TPSA) is 93.9 Å². The third-order valence-corrected chi connectivity index (χ3v) is 4.22. The van der Waals surface area contributed by atoms with Crippen LogP contribution in [0.1, 0.15) is 17.3 Å². The molecule has 0 spiro atoms. The molecule has 1 aliphatic heterocycles. The Labute approximate surface area is 156 Å². The SMILES string of the molecule is CCOc1ccccc1NC(=O)c1ccc(N2CCOCC2)c([N+](=O)[O-])c1. The predicted octanol–water partition coefficient (Wildman–Crippen LogP) is 3.08. The maximum absolute atomic E-state index is 12.6. The Bertz CT molecular complexity index is 834. The number of nitro benzene ring substituents is 1. The lowest BCUT2D eigenvalue weighted by Gasteiger charge is -2.28. The van der Waals surface area contributed by atoms with Crippen molar-refractivity contribution in [2.45, 2.75) is 6.92 Å². The molecule has 2 aromatic rings. The van der Waals surface area contributed by atoms with Crippen molar-refractivity contribution < 1.29 is 19.2 Å². The van der Waals surface area contributed by atoms with Crippen LogP contribution >= 0.6 is 0 Å². The molecule has 0 aliphatic carbocycles. The van der Waals surface area contributed by atoms with Crippen LogP contribution in [0.25, 0.3) is 0 Å². The first-order valence-electron chi connectivity index (χ1n) is 8.74. The lowest BCUT2D eigenvalue weighted by molar-refractivity contribution is -0.384. The van der Waals surface area contributed by atoms with Gasteiger partial charge in [0.2, 0.25) is 0 Å². The van der Waals surface area contributed by atoms with E-state index in [1.165, 1.54) is 6.07 Å². The number of rotatable bonds is 6. The highest BCUT2D eigenvalue weighted by Gasteiger charge is 2.23. The minimum Gasteiger partial charge on any atom is -0.492 e. The fraction of sp³-hybridized carbons (Fsp3) is 0.316. The monoisotopic (exact) mass is 371 g/mol. The molecule has 1 N–H and O–H groups in total. The summed E-state index contributed by atoms with van der Waals surface area (Å²) in [4.78, 5) is 25.6. The quantitative estimate of drug-likeness (QED) is 0.619. The summed E-state index contributed by atoms with van der Waals surface area (Å²) in [6.07, 6.45) is 0. The highest BCUT2D eigenvalue weighted by Crippen LogP contribution is 2.31. The van der Waals surface area contributed by atoms with Crippen molar-refractivity contribution in [2.24, 2.45) is 0 Å². The van der Waals surface area contributed by atoms with Crippen LogP contribution in [0.3, 0.4) is 0 Å². The molecule has 8 nitrogen and oxygen atoms in total. The summed E-state index contributed by atoms with van der Waals surface area (Å²) in [7, 11) is 0. The molecule has 8 heteroatoms. The molecular weight excluding hydrogens is 350 g/mol. The number of amides is 1. The van der Waals surface area contributed by atoms with Gasteiger partial charge in [-0.25, -0.2) is 0 Å². The molecular formula is C19H21N3O5. The standard InChI is InChI=1S/C19H21N3O5/c1-2-27-18-6-4-3-5-15(18)20-19(23)14-7-8-16(17(13-14)22(24)25)21-9-11-26-12-10-21/h3-8,13H,2,9-12H2,1H3,(H,20,23). The van der Waals surface area contributed by atoms with Gasteiger partial charge in [0.05, 0.1) is 30.4 Å². The Kier molecular flexibility index (Phi) is 5.87. The normalized spacial score (nSPS) is 13.9. The number of para-hydroxylation sites is 2. The van der Waals surface area contributed by atoms with Gasteiger partial charge in [-0.05, 0) is 31.2 Å². The second-order valence-corrected chi connectivity index (χ2v) is 5.94. The molecule has 3 rings (SSSR count). The molecule has 0 unspecified atom stereocenters. The van der Waals surface area contributed by atoms with E-state index in [2.05, 4.69) is 5.32 Å². The van der Waals surface area contributed by atoms with Crippen molar-refractivity contribution in [3.8, 4) is 5.75 Å². The maximum atomic E-state index is 12.6. The van der Waals surface area contributed by atoms with Gasteiger partial charge >= 0.3 is 0 Å². The van der Waals surface area contributed by atoms with E-state index in [0.29, 0.717) is 50.0 Å². The van der Waals surface area contributed by atoms with E-state index in [-0.39, 0.29) is 11.3 Å². The molecule has 0 radical (unpaired) electrons. The van der Waals surface area contributed by atoms with E-state index in [0.717, 1.165) is 0 Å². The second kappa shape index (κ2) is 8.50. The summed E-state index contributed by atoms with van der Waals surface area (Å²) in [6, 6.07) is 11.6. The first-order chi connectivity index (χ1) is 13.1. The lowest BCUT2D eigenvalue weighted by atomic mass is 10.1. The Morgan fingerprint density at radius 1 is 1.26 bits per heavy atom. The number of hydrogen-bond acceptors (Lipinski definition) is 6. The number of carbonyl (C=O) groups is 1. The van der Waals surface area contributed by atoms with Gasteiger partial charge in [-0.2, -0.15) is 0 Å². The summed E-state index contributed by atoms with van der Waals surface area (Å²) in [5.74, 6) is 0.117. The second-order valence-electron chi connectivity index (χ2n) is 5.94. The highest BCUT2D eigenvalue weighted by atomic mass is 16.6. The summed E-state index contributed by atoms with van der Waals surface area (Å²) < 4.78 is 10.8. The molecule has 1 fully saturated rings. The van der Waals surface area contributed by atoms with Gasteiger partial charge in [0.15, 0.2) is 0 Å². The zero-order valence-corrected chi connectivity index (χ0v) is 15.0. The number of ether oxygens (including phenoxy) is 2. The molecule has 1 saturated heterocycles. The van der Waals surface area contributed by atoms with E-state index >= 15 is 0 Å². The minimum absolute atomic E-state index is 0.0948. The largest absolute Gasteiger partial charge is 0.492 e. The maximum Gasteiger partial charge on any atom is 0.293 e. The highest BCUT2D eigenvalue weighted by molar-refractivity contribution is 6.05. The molecule has 2 aromatic carbocycles. The number of benzene rings is 2. The summed E-state index contributed by atoms with van der Waals surface area (Å²) in [5, 5.41) is 14.3. The number of nitro groups is 1. The first-order valence-corrected chi connectivity index (χ1v) is 8.74. The average molecular weight is 371 g/mol. The van der Waals surface area contributed by atoms with Crippen molar-refractivity contribution in [2.75, 3.05) is 43.1 Å². The van der Waals surface area contributed by atoms with E-state index in [4.69, 9.17) is 9.47 Å². The van der Waals surface area contributed by atoms with Gasteiger partial charge in [-0.3, -0.25) is 14.9 Å². The van der Waals surface area contributed by atoms with Crippen molar-refractivity contribution in [3.05, 3.63) is 58.1 Å². The van der Waals surface area contributed by atoms with Crippen molar-refractivity contribution in [3.63, 3.8) is 0 Å². The number of carbonyl (C=O) groups excluding carboxylic acids is 1. The summed E-state index contributed by atoms with van der Waals surface area (Å²) >= 11 is 0.